The van der Waals surface area contributed by atoms with Gasteiger partial charge in [-0.3, -0.25) is 5.32 Å². The van der Waals surface area contributed by atoms with Gasteiger partial charge >= 0.3 is 6.03 Å². The minimum absolute atomic E-state index is 0.00313. The first-order valence-corrected chi connectivity index (χ1v) is 10.2. The van der Waals surface area contributed by atoms with E-state index < -0.39 is 15.9 Å². The number of hydrogen-bond donors (Lipinski definition) is 2. The number of urea groups is 1. The van der Waals surface area contributed by atoms with Gasteiger partial charge in [0.1, 0.15) is 5.82 Å². The third kappa shape index (κ3) is 5.47. The summed E-state index contributed by atoms with van der Waals surface area (Å²) in [6, 6.07) is 2.98. The minimum Gasteiger partial charge on any atom is -0.334 e. The molecule has 24 heavy (non-hydrogen) atoms. The number of pyridine rings is 1. The zero-order valence-corrected chi connectivity index (χ0v) is 15.4. The Labute approximate surface area is 144 Å². The number of carbonyl (C=O) groups excluding carboxylic acids is 1. The molecule has 1 aromatic heterocycles. The van der Waals surface area contributed by atoms with E-state index in [1.807, 2.05) is 6.07 Å². The molecule has 1 aromatic rings. The van der Waals surface area contributed by atoms with Crippen LogP contribution >= 0.6 is 0 Å². The number of aromatic nitrogens is 1. The molecule has 134 valence electrons. The maximum absolute atomic E-state index is 12.0. The molecule has 2 heterocycles. The Kier molecular flexibility index (Phi) is 6.21. The third-order valence-electron chi connectivity index (χ3n) is 4.38. The van der Waals surface area contributed by atoms with E-state index in [2.05, 4.69) is 29.5 Å². The molecule has 2 atom stereocenters. The second kappa shape index (κ2) is 7.96. The summed E-state index contributed by atoms with van der Waals surface area (Å²) < 4.78 is 23.8. The van der Waals surface area contributed by atoms with Gasteiger partial charge in [0.2, 0.25) is 0 Å². The summed E-state index contributed by atoms with van der Waals surface area (Å²) in [6.07, 6.45) is 5.09. The molecule has 2 rings (SSSR count). The summed E-state index contributed by atoms with van der Waals surface area (Å²) in [5, 5.41) is 5.07. The smallest absolute Gasteiger partial charge is 0.320 e. The number of amides is 2. The molecule has 2 N–H and O–H groups in total. The highest BCUT2D eigenvalue weighted by Gasteiger charge is 2.31. The molecule has 0 aliphatic carbocycles. The maximum Gasteiger partial charge on any atom is 0.320 e. The van der Waals surface area contributed by atoms with Crippen LogP contribution < -0.4 is 10.6 Å². The van der Waals surface area contributed by atoms with Gasteiger partial charge in [0.15, 0.2) is 9.84 Å². The second-order valence-corrected chi connectivity index (χ2v) is 9.46. The monoisotopic (exact) mass is 353 g/mol. The van der Waals surface area contributed by atoms with Crippen molar-refractivity contribution in [1.29, 1.82) is 0 Å². The van der Waals surface area contributed by atoms with Gasteiger partial charge in [-0.05, 0) is 50.2 Å². The Morgan fingerprint density at radius 1 is 1.33 bits per heavy atom. The topological polar surface area (TPSA) is 88.2 Å². The van der Waals surface area contributed by atoms with Crippen LogP contribution in [0, 0.1) is 5.92 Å². The summed E-state index contributed by atoms with van der Waals surface area (Å²) in [7, 11) is -3.11. The molecule has 2 amide bonds. The van der Waals surface area contributed by atoms with Crippen LogP contribution in [0.2, 0.25) is 0 Å². The fraction of sp³-hybridized carbons (Fsp3) is 0.647. The van der Waals surface area contributed by atoms with Gasteiger partial charge in [-0.25, -0.2) is 18.2 Å². The van der Waals surface area contributed by atoms with Crippen LogP contribution in [0.3, 0.4) is 0 Å². The van der Waals surface area contributed by atoms with Gasteiger partial charge in [0, 0.05) is 12.2 Å². The molecule has 6 nitrogen and oxygen atoms in total. The summed E-state index contributed by atoms with van der Waals surface area (Å²) >= 11 is 0. The van der Waals surface area contributed by atoms with Crippen molar-refractivity contribution in [3.63, 3.8) is 0 Å². The number of nitrogens with one attached hydrogen (secondary N) is 2. The fourth-order valence-electron chi connectivity index (χ4n) is 2.70. The average Bonchev–Trinajstić information content (AvgIpc) is 2.50. The van der Waals surface area contributed by atoms with E-state index in [0.29, 0.717) is 24.6 Å². The molecule has 0 saturated carbocycles. The number of rotatable bonds is 5. The Balaban J connectivity index is 1.84. The van der Waals surface area contributed by atoms with Crippen LogP contribution in [-0.4, -0.2) is 36.5 Å². The number of nitrogens with zero attached hydrogens (tertiary/aromatic N) is 1. The molecular weight excluding hydrogens is 326 g/mol. The number of aryl methyl sites for hydroxylation is 1. The highest BCUT2D eigenvalue weighted by Crippen LogP contribution is 2.19. The van der Waals surface area contributed by atoms with Crippen molar-refractivity contribution < 1.29 is 13.2 Å². The van der Waals surface area contributed by atoms with Crippen molar-refractivity contribution in [3.8, 4) is 0 Å². The molecule has 0 aromatic carbocycles. The predicted octanol–water partition coefficient (Wildman–Crippen LogP) is 2.76. The van der Waals surface area contributed by atoms with Gasteiger partial charge in [-0.15, -0.1) is 0 Å². The van der Waals surface area contributed by atoms with Crippen molar-refractivity contribution in [2.45, 2.75) is 57.7 Å². The van der Waals surface area contributed by atoms with Crippen LogP contribution in [0.1, 0.15) is 45.6 Å². The van der Waals surface area contributed by atoms with E-state index in [1.54, 1.807) is 19.2 Å². The molecule has 1 saturated heterocycles. The first kappa shape index (κ1) is 18.7. The van der Waals surface area contributed by atoms with E-state index in [0.717, 1.165) is 18.4 Å². The Morgan fingerprint density at radius 3 is 2.67 bits per heavy atom. The lowest BCUT2D eigenvalue weighted by molar-refractivity contribution is 0.248. The highest BCUT2D eigenvalue weighted by atomic mass is 32.2. The summed E-state index contributed by atoms with van der Waals surface area (Å²) in [5.74, 6) is 1.11. The van der Waals surface area contributed by atoms with E-state index in [4.69, 9.17) is 0 Å². The van der Waals surface area contributed by atoms with E-state index in [9.17, 15) is 13.2 Å². The van der Waals surface area contributed by atoms with Crippen molar-refractivity contribution in [3.05, 3.63) is 23.9 Å². The van der Waals surface area contributed by atoms with Gasteiger partial charge in [-0.2, -0.15) is 0 Å². The van der Waals surface area contributed by atoms with E-state index in [1.165, 1.54) is 0 Å². The summed E-state index contributed by atoms with van der Waals surface area (Å²) in [4.78, 5) is 16.3. The first-order valence-electron chi connectivity index (χ1n) is 8.50. The summed E-state index contributed by atoms with van der Waals surface area (Å²) in [6.45, 7) is 6.08. The third-order valence-corrected chi connectivity index (χ3v) is 6.71. The molecule has 1 aliphatic heterocycles. The number of hydrogen-bond acceptors (Lipinski definition) is 4. The highest BCUT2D eigenvalue weighted by molar-refractivity contribution is 7.92. The molecule has 0 radical (unpaired) electrons. The van der Waals surface area contributed by atoms with Crippen molar-refractivity contribution >= 4 is 21.7 Å². The van der Waals surface area contributed by atoms with Gasteiger partial charge < -0.3 is 5.32 Å². The number of sulfone groups is 1. The van der Waals surface area contributed by atoms with Crippen molar-refractivity contribution in [1.82, 2.24) is 10.3 Å². The van der Waals surface area contributed by atoms with Crippen LogP contribution in [0.15, 0.2) is 18.3 Å². The van der Waals surface area contributed by atoms with Crippen LogP contribution in [0.25, 0.3) is 0 Å². The largest absolute Gasteiger partial charge is 0.334 e. The van der Waals surface area contributed by atoms with Crippen LogP contribution in [-0.2, 0) is 16.3 Å². The normalized spacial score (nSPS) is 23.0. The quantitative estimate of drug-likeness (QED) is 0.852. The Hall–Kier alpha value is -1.63. The standard InChI is InChI=1S/C17H27N3O3S/c1-12(2)4-6-14-7-9-16(18-10-14)20-17(21)19-15-8-5-13(3)24(22,23)11-15/h7,9-10,12-13,15H,4-6,8,11H2,1-3H3,(H2,18,19,20,21). The van der Waals surface area contributed by atoms with Crippen LogP contribution in [0.4, 0.5) is 10.6 Å². The van der Waals surface area contributed by atoms with Gasteiger partial charge in [0.05, 0.1) is 11.0 Å². The fourth-order valence-corrected chi connectivity index (χ4v) is 4.33. The van der Waals surface area contributed by atoms with Gasteiger partial charge in [-0.1, -0.05) is 19.9 Å². The number of carbonyl (C=O) groups is 1. The predicted molar refractivity (Wildman–Crippen MR) is 95.8 cm³/mol. The first-order chi connectivity index (χ1) is 11.3. The van der Waals surface area contributed by atoms with Crippen molar-refractivity contribution in [2.24, 2.45) is 5.92 Å². The minimum atomic E-state index is -3.11. The molecule has 1 aliphatic rings. The summed E-state index contributed by atoms with van der Waals surface area (Å²) in [5.41, 5.74) is 1.14. The molecule has 2 unspecified atom stereocenters. The Bertz CT molecular complexity index is 656. The zero-order valence-electron chi connectivity index (χ0n) is 14.6. The molecular formula is C17H27N3O3S. The maximum atomic E-state index is 12.0. The lowest BCUT2D eigenvalue weighted by Gasteiger charge is -2.27. The molecule has 7 heteroatoms. The van der Waals surface area contributed by atoms with E-state index in [-0.39, 0.29) is 17.0 Å². The molecule has 1 fully saturated rings. The molecule has 0 spiro atoms. The van der Waals surface area contributed by atoms with Crippen LogP contribution in [0.5, 0.6) is 0 Å². The zero-order chi connectivity index (χ0) is 17.7. The lowest BCUT2D eigenvalue weighted by Crippen LogP contribution is -2.47. The number of anilines is 1. The Morgan fingerprint density at radius 2 is 2.08 bits per heavy atom. The SMILES string of the molecule is CC(C)CCc1ccc(NC(=O)NC2CCC(C)S(=O)(=O)C2)nc1. The molecule has 0 bridgehead atoms. The second-order valence-electron chi connectivity index (χ2n) is 7.00. The lowest BCUT2D eigenvalue weighted by atomic mass is 10.0. The average molecular weight is 353 g/mol. The van der Waals surface area contributed by atoms with Crippen molar-refractivity contribution in [2.75, 3.05) is 11.1 Å². The van der Waals surface area contributed by atoms with Gasteiger partial charge in [0.25, 0.3) is 0 Å². The van der Waals surface area contributed by atoms with E-state index >= 15 is 0 Å².